The van der Waals surface area contributed by atoms with E-state index in [4.69, 9.17) is 9.84 Å². The van der Waals surface area contributed by atoms with Crippen LogP contribution < -0.4 is 10.1 Å². The molecule has 0 saturated heterocycles. The summed E-state index contributed by atoms with van der Waals surface area (Å²) in [6.45, 7) is 2.64. The second kappa shape index (κ2) is 7.00. The molecule has 5 nitrogen and oxygen atoms in total. The number of benzene rings is 1. The molecule has 0 radical (unpaired) electrons. The molecule has 18 heavy (non-hydrogen) atoms. The van der Waals surface area contributed by atoms with Crippen LogP contribution in [-0.2, 0) is 4.79 Å². The number of rotatable bonds is 6. The monoisotopic (exact) mass is 315 g/mol. The Kier molecular flexibility index (Phi) is 5.64. The normalized spacial score (nSPS) is 9.89. The van der Waals surface area contributed by atoms with Crippen LogP contribution in [0.25, 0.3) is 0 Å². The predicted molar refractivity (Wildman–Crippen MR) is 69.9 cm³/mol. The Morgan fingerprint density at radius 2 is 2.17 bits per heavy atom. The highest BCUT2D eigenvalue weighted by Crippen LogP contribution is 2.22. The van der Waals surface area contributed by atoms with Gasteiger partial charge in [-0.25, -0.2) is 4.79 Å². The molecule has 0 bridgehead atoms. The van der Waals surface area contributed by atoms with Crippen molar-refractivity contribution >= 4 is 27.8 Å². The quantitative estimate of drug-likeness (QED) is 0.842. The van der Waals surface area contributed by atoms with E-state index in [2.05, 4.69) is 21.2 Å². The van der Waals surface area contributed by atoms with Crippen molar-refractivity contribution in [1.82, 2.24) is 5.32 Å². The Morgan fingerprint density at radius 1 is 1.44 bits per heavy atom. The number of nitrogens with one attached hydrogen (secondary N) is 1. The summed E-state index contributed by atoms with van der Waals surface area (Å²) >= 11 is 3.14. The van der Waals surface area contributed by atoms with Crippen LogP contribution in [0.2, 0.25) is 0 Å². The fourth-order valence-electron chi connectivity index (χ4n) is 1.31. The minimum atomic E-state index is -1.03. The predicted octanol–water partition coefficient (Wildman–Crippen LogP) is 2.05. The lowest BCUT2D eigenvalue weighted by Crippen LogP contribution is -2.24. The number of ether oxygens (including phenoxy) is 1. The molecule has 0 unspecified atom stereocenters. The summed E-state index contributed by atoms with van der Waals surface area (Å²) in [5, 5.41) is 11.6. The van der Waals surface area contributed by atoms with Crippen molar-refractivity contribution in [3.8, 4) is 5.75 Å². The molecule has 0 saturated carbocycles. The van der Waals surface area contributed by atoms with E-state index >= 15 is 0 Å². The third-order valence-corrected chi connectivity index (χ3v) is 2.83. The van der Waals surface area contributed by atoms with Gasteiger partial charge in [-0.1, -0.05) is 0 Å². The number of aromatic carboxylic acids is 1. The van der Waals surface area contributed by atoms with Gasteiger partial charge in [0.25, 0.3) is 0 Å². The zero-order valence-corrected chi connectivity index (χ0v) is 11.5. The zero-order valence-electron chi connectivity index (χ0n) is 9.90. The molecule has 1 aromatic rings. The van der Waals surface area contributed by atoms with Gasteiger partial charge in [0.1, 0.15) is 5.75 Å². The van der Waals surface area contributed by atoms with Gasteiger partial charge in [-0.05, 0) is 41.1 Å². The summed E-state index contributed by atoms with van der Waals surface area (Å²) in [6, 6.07) is 4.67. The largest absolute Gasteiger partial charge is 0.493 e. The van der Waals surface area contributed by atoms with Gasteiger partial charge in [0.05, 0.1) is 18.6 Å². The number of hydrogen-bond donors (Lipinski definition) is 2. The van der Waals surface area contributed by atoms with Gasteiger partial charge in [0.15, 0.2) is 0 Å². The molecule has 98 valence electrons. The number of carboxylic acids is 1. The summed E-state index contributed by atoms with van der Waals surface area (Å²) in [4.78, 5) is 22.1. The molecule has 6 heteroatoms. The van der Waals surface area contributed by atoms with E-state index in [0.717, 1.165) is 0 Å². The molecule has 1 amide bonds. The molecule has 0 aliphatic carbocycles. The van der Waals surface area contributed by atoms with Crippen molar-refractivity contribution < 1.29 is 19.4 Å². The molecule has 0 atom stereocenters. The Morgan fingerprint density at radius 3 is 2.78 bits per heavy atom. The SMILES string of the molecule is CCNC(=O)CCOc1ccc(Br)c(C(=O)O)c1. The van der Waals surface area contributed by atoms with Crippen LogP contribution in [0.5, 0.6) is 5.75 Å². The van der Waals surface area contributed by atoms with E-state index in [9.17, 15) is 9.59 Å². The zero-order chi connectivity index (χ0) is 13.5. The summed E-state index contributed by atoms with van der Waals surface area (Å²) in [6.07, 6.45) is 0.242. The first-order valence-electron chi connectivity index (χ1n) is 5.47. The Labute approximate surface area is 113 Å². The lowest BCUT2D eigenvalue weighted by Gasteiger charge is -2.07. The maximum atomic E-state index is 11.2. The summed E-state index contributed by atoms with van der Waals surface area (Å²) < 4.78 is 5.82. The molecule has 0 heterocycles. The average Bonchev–Trinajstić information content (AvgIpc) is 2.31. The highest BCUT2D eigenvalue weighted by atomic mass is 79.9. The van der Waals surface area contributed by atoms with Gasteiger partial charge in [-0.3, -0.25) is 4.79 Å². The Hall–Kier alpha value is -1.56. The van der Waals surface area contributed by atoms with Crippen LogP contribution in [-0.4, -0.2) is 30.1 Å². The summed E-state index contributed by atoms with van der Waals surface area (Å²) in [5.41, 5.74) is 0.130. The molecule has 1 aromatic carbocycles. The maximum absolute atomic E-state index is 11.2. The Balaban J connectivity index is 2.55. The van der Waals surface area contributed by atoms with Crippen LogP contribution in [0.3, 0.4) is 0 Å². The standard InChI is InChI=1S/C12H14BrNO4/c1-2-14-11(15)5-6-18-8-3-4-10(13)9(7-8)12(16)17/h3-4,7H,2,5-6H2,1H3,(H,14,15)(H,16,17). The topological polar surface area (TPSA) is 75.6 Å². The molecule has 0 fully saturated rings. The third kappa shape index (κ3) is 4.37. The number of halogens is 1. The van der Waals surface area contributed by atoms with Gasteiger partial charge in [-0.15, -0.1) is 0 Å². The second-order valence-corrected chi connectivity index (χ2v) is 4.35. The van der Waals surface area contributed by atoms with Crippen molar-refractivity contribution in [3.63, 3.8) is 0 Å². The van der Waals surface area contributed by atoms with E-state index in [-0.39, 0.29) is 24.5 Å². The van der Waals surface area contributed by atoms with Crippen molar-refractivity contribution in [2.75, 3.05) is 13.2 Å². The summed E-state index contributed by atoms with van der Waals surface area (Å²) in [5.74, 6) is -0.691. The highest BCUT2D eigenvalue weighted by Gasteiger charge is 2.09. The van der Waals surface area contributed by atoms with Crippen LogP contribution in [0.15, 0.2) is 22.7 Å². The van der Waals surface area contributed by atoms with Crippen molar-refractivity contribution in [3.05, 3.63) is 28.2 Å². The van der Waals surface area contributed by atoms with Gasteiger partial charge < -0.3 is 15.2 Å². The number of amides is 1. The minimum absolute atomic E-state index is 0.0898. The first kappa shape index (κ1) is 14.5. The van der Waals surface area contributed by atoms with E-state index in [1.807, 2.05) is 6.92 Å². The van der Waals surface area contributed by atoms with Crippen LogP contribution in [0.4, 0.5) is 0 Å². The maximum Gasteiger partial charge on any atom is 0.336 e. The van der Waals surface area contributed by atoms with Crippen molar-refractivity contribution in [2.45, 2.75) is 13.3 Å². The molecule has 0 spiro atoms. The number of carbonyl (C=O) groups is 2. The van der Waals surface area contributed by atoms with E-state index in [0.29, 0.717) is 16.8 Å². The lowest BCUT2D eigenvalue weighted by atomic mass is 10.2. The molecule has 0 aromatic heterocycles. The molecular weight excluding hydrogens is 302 g/mol. The molecule has 2 N–H and O–H groups in total. The second-order valence-electron chi connectivity index (χ2n) is 3.50. The molecular formula is C12H14BrNO4. The highest BCUT2D eigenvalue weighted by molar-refractivity contribution is 9.10. The smallest absolute Gasteiger partial charge is 0.336 e. The first-order valence-corrected chi connectivity index (χ1v) is 6.26. The van der Waals surface area contributed by atoms with E-state index in [1.165, 1.54) is 6.07 Å². The Bertz CT molecular complexity index is 448. The molecule has 0 aliphatic heterocycles. The number of carboxylic acid groups (broad SMARTS) is 1. The average molecular weight is 316 g/mol. The van der Waals surface area contributed by atoms with Crippen molar-refractivity contribution in [2.24, 2.45) is 0 Å². The fourth-order valence-corrected chi connectivity index (χ4v) is 1.72. The van der Waals surface area contributed by atoms with Crippen LogP contribution >= 0.6 is 15.9 Å². The minimum Gasteiger partial charge on any atom is -0.493 e. The van der Waals surface area contributed by atoms with Crippen molar-refractivity contribution in [1.29, 1.82) is 0 Å². The number of hydrogen-bond acceptors (Lipinski definition) is 3. The lowest BCUT2D eigenvalue weighted by molar-refractivity contribution is -0.121. The third-order valence-electron chi connectivity index (χ3n) is 2.14. The summed E-state index contributed by atoms with van der Waals surface area (Å²) in [7, 11) is 0. The molecule has 0 aliphatic rings. The number of carbonyl (C=O) groups excluding carboxylic acids is 1. The van der Waals surface area contributed by atoms with Gasteiger partial charge >= 0.3 is 5.97 Å². The van der Waals surface area contributed by atoms with Gasteiger partial charge in [0.2, 0.25) is 5.91 Å². The van der Waals surface area contributed by atoms with Crippen LogP contribution in [0, 0.1) is 0 Å². The van der Waals surface area contributed by atoms with Gasteiger partial charge in [-0.2, -0.15) is 0 Å². The van der Waals surface area contributed by atoms with Crippen LogP contribution in [0.1, 0.15) is 23.7 Å². The van der Waals surface area contributed by atoms with E-state index < -0.39 is 5.97 Å². The van der Waals surface area contributed by atoms with Gasteiger partial charge in [0, 0.05) is 11.0 Å². The molecule has 1 rings (SSSR count). The fraction of sp³-hybridized carbons (Fsp3) is 0.333. The van der Waals surface area contributed by atoms with E-state index in [1.54, 1.807) is 12.1 Å². The first-order chi connectivity index (χ1) is 8.54.